The van der Waals surface area contributed by atoms with Gasteiger partial charge in [-0.15, -0.1) is 11.3 Å². The van der Waals surface area contributed by atoms with E-state index in [1.807, 2.05) is 0 Å². The summed E-state index contributed by atoms with van der Waals surface area (Å²) >= 11 is 1.17. The molecule has 0 aliphatic heterocycles. The van der Waals surface area contributed by atoms with E-state index in [1.165, 1.54) is 37.6 Å². The Bertz CT molecular complexity index is 1140. The van der Waals surface area contributed by atoms with Crippen LogP contribution in [0.5, 0.6) is 0 Å². The number of nitrogens with zero attached hydrogens (tertiary/aromatic N) is 1. The topological polar surface area (TPSA) is 74.6 Å². The third-order valence-electron chi connectivity index (χ3n) is 4.47. The zero-order chi connectivity index (χ0) is 22.2. The molecule has 3 aromatic rings. The van der Waals surface area contributed by atoms with Crippen LogP contribution in [0.3, 0.4) is 0 Å². The van der Waals surface area contributed by atoms with Crippen molar-refractivity contribution in [3.8, 4) is 11.1 Å². The molecule has 1 atom stereocenters. The smallest absolute Gasteiger partial charge is 0.419 e. The summed E-state index contributed by atoms with van der Waals surface area (Å²) < 4.78 is 25.8. The lowest BCUT2D eigenvalue weighted by atomic mass is 10.0. The number of ketones is 1. The molecule has 0 aliphatic carbocycles. The zero-order valence-corrected chi connectivity index (χ0v) is 18.1. The second-order valence-corrected chi connectivity index (χ2v) is 8.75. The number of hydrogen-bond donors (Lipinski definition) is 0. The van der Waals surface area contributed by atoms with Crippen molar-refractivity contribution in [3.05, 3.63) is 46.5 Å². The van der Waals surface area contributed by atoms with Crippen LogP contribution in [0.4, 0.5) is 9.18 Å². The van der Waals surface area contributed by atoms with Gasteiger partial charge in [-0.3, -0.25) is 9.59 Å². The minimum absolute atomic E-state index is 0.101. The quantitative estimate of drug-likeness (QED) is 0.319. The Morgan fingerprint density at radius 3 is 2.53 bits per heavy atom. The molecular weight excluding hydrogens is 409 g/mol. The SMILES string of the molecule is COC(=O)C(C)C(=O)c1cc(-c2cn(C(=O)OC(C)(C)C)c3c(F)cccc23)cs1. The summed E-state index contributed by atoms with van der Waals surface area (Å²) in [5.41, 5.74) is 0.573. The number of aromatic nitrogens is 1. The maximum Gasteiger partial charge on any atom is 0.419 e. The maximum atomic E-state index is 14.6. The molecule has 6 nitrogen and oxygen atoms in total. The van der Waals surface area contributed by atoms with Gasteiger partial charge in [0.15, 0.2) is 5.78 Å². The van der Waals surface area contributed by atoms with Crippen molar-refractivity contribution in [2.24, 2.45) is 5.92 Å². The third-order valence-corrected chi connectivity index (χ3v) is 5.41. The maximum absolute atomic E-state index is 14.6. The highest BCUT2D eigenvalue weighted by Crippen LogP contribution is 2.35. The van der Waals surface area contributed by atoms with E-state index >= 15 is 0 Å². The highest BCUT2D eigenvalue weighted by Gasteiger charge is 2.26. The van der Waals surface area contributed by atoms with E-state index in [1.54, 1.807) is 44.4 Å². The van der Waals surface area contributed by atoms with Crippen LogP contribution in [0.15, 0.2) is 35.8 Å². The number of esters is 1. The van der Waals surface area contributed by atoms with Gasteiger partial charge in [-0.1, -0.05) is 12.1 Å². The Kier molecular flexibility index (Phi) is 5.81. The molecule has 2 aromatic heterocycles. The highest BCUT2D eigenvalue weighted by molar-refractivity contribution is 7.12. The summed E-state index contributed by atoms with van der Waals surface area (Å²) in [6.45, 7) is 6.67. The second-order valence-electron chi connectivity index (χ2n) is 7.84. The Morgan fingerprint density at radius 2 is 1.90 bits per heavy atom. The van der Waals surface area contributed by atoms with Crippen molar-refractivity contribution in [1.29, 1.82) is 0 Å². The highest BCUT2D eigenvalue weighted by atomic mass is 32.1. The van der Waals surface area contributed by atoms with Crippen LogP contribution in [0.2, 0.25) is 0 Å². The van der Waals surface area contributed by atoms with Gasteiger partial charge in [-0.05, 0) is 50.8 Å². The second kappa shape index (κ2) is 8.02. The molecular formula is C22H22FNO5S. The van der Waals surface area contributed by atoms with Crippen molar-refractivity contribution in [1.82, 2.24) is 4.57 Å². The molecule has 0 saturated heterocycles. The van der Waals surface area contributed by atoms with E-state index in [-0.39, 0.29) is 11.3 Å². The molecule has 1 aromatic carbocycles. The molecule has 1 unspecified atom stereocenters. The van der Waals surface area contributed by atoms with E-state index < -0.39 is 29.4 Å². The fourth-order valence-electron chi connectivity index (χ4n) is 3.03. The summed E-state index contributed by atoms with van der Waals surface area (Å²) in [6.07, 6.45) is 0.802. The molecule has 0 amide bonds. The minimum Gasteiger partial charge on any atom is -0.468 e. The first kappa shape index (κ1) is 21.7. The lowest BCUT2D eigenvalue weighted by molar-refractivity contribution is -0.143. The Balaban J connectivity index is 2.07. The number of methoxy groups -OCH3 is 1. The summed E-state index contributed by atoms with van der Waals surface area (Å²) in [4.78, 5) is 37.2. The number of rotatable bonds is 4. The van der Waals surface area contributed by atoms with E-state index in [0.717, 1.165) is 4.57 Å². The lowest BCUT2D eigenvalue weighted by Crippen LogP contribution is -2.26. The van der Waals surface area contributed by atoms with Gasteiger partial charge in [0.25, 0.3) is 0 Å². The molecule has 0 spiro atoms. The van der Waals surface area contributed by atoms with Gasteiger partial charge in [0.05, 0.1) is 17.5 Å². The number of halogens is 1. The molecule has 3 rings (SSSR count). The number of para-hydroxylation sites is 1. The largest absolute Gasteiger partial charge is 0.468 e. The molecule has 0 saturated carbocycles. The molecule has 0 N–H and O–H groups in total. The van der Waals surface area contributed by atoms with Crippen LogP contribution < -0.4 is 0 Å². The van der Waals surface area contributed by atoms with E-state index in [4.69, 9.17) is 4.74 Å². The third kappa shape index (κ3) is 4.14. The number of hydrogen-bond acceptors (Lipinski definition) is 6. The number of fused-ring (bicyclic) bond motifs is 1. The van der Waals surface area contributed by atoms with E-state index in [9.17, 15) is 18.8 Å². The Labute approximate surface area is 177 Å². The van der Waals surface area contributed by atoms with Crippen molar-refractivity contribution < 1.29 is 28.2 Å². The summed E-state index contributed by atoms with van der Waals surface area (Å²) in [7, 11) is 1.23. The number of benzene rings is 1. The Morgan fingerprint density at radius 1 is 1.20 bits per heavy atom. The normalized spacial score (nSPS) is 12.6. The van der Waals surface area contributed by atoms with Gasteiger partial charge in [-0.25, -0.2) is 13.8 Å². The summed E-state index contributed by atoms with van der Waals surface area (Å²) in [5.74, 6) is -2.46. The number of carbonyl (C=O) groups is 3. The standard InChI is InChI=1S/C22H22FNO5S/c1-12(20(26)28-5)19(25)17-9-13(11-30-17)15-10-24(21(27)29-22(2,3)4)18-14(15)7-6-8-16(18)23/h6-12H,1-5H3. The van der Waals surface area contributed by atoms with E-state index in [0.29, 0.717) is 21.4 Å². The van der Waals surface area contributed by atoms with Gasteiger partial charge < -0.3 is 9.47 Å². The van der Waals surface area contributed by atoms with Gasteiger partial charge in [-0.2, -0.15) is 0 Å². The van der Waals surface area contributed by atoms with Gasteiger partial charge in [0.1, 0.15) is 17.3 Å². The van der Waals surface area contributed by atoms with Crippen LogP contribution in [-0.4, -0.2) is 35.1 Å². The van der Waals surface area contributed by atoms with Crippen LogP contribution in [0, 0.1) is 11.7 Å². The van der Waals surface area contributed by atoms with Gasteiger partial charge in [0.2, 0.25) is 0 Å². The molecule has 8 heteroatoms. The fraction of sp³-hybridized carbons (Fsp3) is 0.318. The van der Waals surface area contributed by atoms with Crippen LogP contribution >= 0.6 is 11.3 Å². The lowest BCUT2D eigenvalue weighted by Gasteiger charge is -2.19. The summed E-state index contributed by atoms with van der Waals surface area (Å²) in [5, 5.41) is 2.25. The molecule has 2 heterocycles. The molecule has 158 valence electrons. The fourth-order valence-corrected chi connectivity index (χ4v) is 3.97. The van der Waals surface area contributed by atoms with Crippen molar-refractivity contribution in [2.75, 3.05) is 7.11 Å². The van der Waals surface area contributed by atoms with E-state index in [2.05, 4.69) is 4.74 Å². The van der Waals surface area contributed by atoms with Crippen molar-refractivity contribution in [3.63, 3.8) is 0 Å². The Hall–Kier alpha value is -3.00. The zero-order valence-electron chi connectivity index (χ0n) is 17.3. The van der Waals surface area contributed by atoms with Gasteiger partial charge in [0, 0.05) is 17.1 Å². The van der Waals surface area contributed by atoms with Crippen molar-refractivity contribution in [2.45, 2.75) is 33.3 Å². The average molecular weight is 431 g/mol. The molecule has 0 aliphatic rings. The first-order valence-corrected chi connectivity index (χ1v) is 10.2. The predicted molar refractivity (Wildman–Crippen MR) is 112 cm³/mol. The minimum atomic E-state index is -0.929. The first-order chi connectivity index (χ1) is 14.0. The van der Waals surface area contributed by atoms with Crippen molar-refractivity contribution >= 4 is 40.1 Å². The number of carbonyl (C=O) groups excluding carboxylic acids is 3. The monoisotopic (exact) mass is 431 g/mol. The molecule has 30 heavy (non-hydrogen) atoms. The predicted octanol–water partition coefficient (Wildman–Crippen LogP) is 5.28. The van der Waals surface area contributed by atoms with Crippen LogP contribution in [0.1, 0.15) is 37.4 Å². The number of thiophene rings is 1. The number of ether oxygens (including phenoxy) is 2. The molecule has 0 fully saturated rings. The average Bonchev–Trinajstić information content (AvgIpc) is 3.30. The number of Topliss-reactive ketones (excluding diaryl/α,β-unsaturated/α-hetero) is 1. The molecule has 0 bridgehead atoms. The molecule has 0 radical (unpaired) electrons. The van der Waals surface area contributed by atoms with Crippen LogP contribution in [-0.2, 0) is 14.3 Å². The first-order valence-electron chi connectivity index (χ1n) is 9.27. The van der Waals surface area contributed by atoms with Crippen LogP contribution in [0.25, 0.3) is 22.0 Å². The van der Waals surface area contributed by atoms with Gasteiger partial charge >= 0.3 is 12.1 Å². The summed E-state index contributed by atoms with van der Waals surface area (Å²) in [6, 6.07) is 6.16.